The summed E-state index contributed by atoms with van der Waals surface area (Å²) in [5, 5.41) is 3.17. The van der Waals surface area contributed by atoms with Gasteiger partial charge in [0.25, 0.3) is 0 Å². The lowest BCUT2D eigenvalue weighted by atomic mass is 9.89. The Bertz CT molecular complexity index is 542. The highest BCUT2D eigenvalue weighted by Crippen LogP contribution is 2.39. The number of carbonyl (C=O) groups excluding carboxylic acids is 1. The van der Waals surface area contributed by atoms with Gasteiger partial charge in [0, 0.05) is 6.54 Å². The molecule has 0 bridgehead atoms. The first-order valence-electron chi connectivity index (χ1n) is 8.22. The van der Waals surface area contributed by atoms with Crippen molar-refractivity contribution in [3.63, 3.8) is 0 Å². The maximum atomic E-state index is 12.3. The van der Waals surface area contributed by atoms with E-state index in [0.29, 0.717) is 18.9 Å². The molecule has 1 atom stereocenters. The number of carbonyl (C=O) groups is 1. The third-order valence-electron chi connectivity index (χ3n) is 5.10. The maximum absolute atomic E-state index is 12.3. The summed E-state index contributed by atoms with van der Waals surface area (Å²) in [5.41, 5.74) is 9.69. The smallest absolute Gasteiger partial charge is 0.224 e. The van der Waals surface area contributed by atoms with Crippen LogP contribution in [0.5, 0.6) is 0 Å². The molecule has 1 unspecified atom stereocenters. The number of nitrogens with two attached hydrogens (primary N) is 1. The summed E-state index contributed by atoms with van der Waals surface area (Å²) in [6.45, 7) is 2.60. The Labute approximate surface area is 139 Å². The van der Waals surface area contributed by atoms with Crippen LogP contribution in [0, 0.1) is 5.92 Å². The van der Waals surface area contributed by atoms with Gasteiger partial charge in [-0.05, 0) is 68.1 Å². The first-order valence-corrected chi connectivity index (χ1v) is 8.22. The number of nitrogens with one attached hydrogen (secondary N) is 1. The topological polar surface area (TPSA) is 55.1 Å². The standard InChI is InChI=1S/C18H26N2O.ClH/c1-18(12-19,16-8-9-16)20-17(21)11-13-6-7-14-4-2-3-5-15(14)10-13;/h6-7,10,16H,2-5,8-9,11-12,19H2,1H3,(H,20,21);1H. The molecule has 0 saturated heterocycles. The van der Waals surface area contributed by atoms with E-state index in [1.54, 1.807) is 0 Å². The van der Waals surface area contributed by atoms with Gasteiger partial charge in [-0.2, -0.15) is 0 Å². The van der Waals surface area contributed by atoms with E-state index >= 15 is 0 Å². The summed E-state index contributed by atoms with van der Waals surface area (Å²) in [7, 11) is 0. The quantitative estimate of drug-likeness (QED) is 0.875. The summed E-state index contributed by atoms with van der Waals surface area (Å²) in [6, 6.07) is 6.55. The molecule has 0 spiro atoms. The van der Waals surface area contributed by atoms with Crippen molar-refractivity contribution in [2.45, 2.75) is 57.4 Å². The predicted molar refractivity (Wildman–Crippen MR) is 92.4 cm³/mol. The normalized spacial score (nSPS) is 19.5. The van der Waals surface area contributed by atoms with Crippen LogP contribution >= 0.6 is 12.4 Å². The van der Waals surface area contributed by atoms with Gasteiger partial charge >= 0.3 is 0 Å². The lowest BCUT2D eigenvalue weighted by Crippen LogP contribution is -2.53. The van der Waals surface area contributed by atoms with Crippen molar-refractivity contribution >= 4 is 18.3 Å². The minimum absolute atomic E-state index is 0. The van der Waals surface area contributed by atoms with Gasteiger partial charge in [0.2, 0.25) is 5.91 Å². The molecule has 3 rings (SSSR count). The van der Waals surface area contributed by atoms with Gasteiger partial charge < -0.3 is 11.1 Å². The maximum Gasteiger partial charge on any atom is 0.224 e. The van der Waals surface area contributed by atoms with E-state index in [1.807, 2.05) is 0 Å². The minimum atomic E-state index is -0.217. The molecule has 3 N–H and O–H groups in total. The van der Waals surface area contributed by atoms with Crippen LogP contribution in [0.25, 0.3) is 0 Å². The molecule has 4 heteroatoms. The summed E-state index contributed by atoms with van der Waals surface area (Å²) in [5.74, 6) is 0.667. The van der Waals surface area contributed by atoms with E-state index in [4.69, 9.17) is 5.73 Å². The zero-order chi connectivity index (χ0) is 14.9. The second-order valence-corrected chi connectivity index (χ2v) is 6.93. The van der Waals surface area contributed by atoms with Crippen molar-refractivity contribution in [2.24, 2.45) is 11.7 Å². The number of hydrogen-bond acceptors (Lipinski definition) is 2. The van der Waals surface area contributed by atoms with Crippen LogP contribution in [-0.2, 0) is 24.1 Å². The van der Waals surface area contributed by atoms with Gasteiger partial charge in [0.1, 0.15) is 0 Å². The van der Waals surface area contributed by atoms with Gasteiger partial charge in [-0.3, -0.25) is 4.79 Å². The van der Waals surface area contributed by atoms with Gasteiger partial charge in [-0.15, -0.1) is 12.4 Å². The Morgan fingerprint density at radius 2 is 1.95 bits per heavy atom. The van der Waals surface area contributed by atoms with E-state index in [0.717, 1.165) is 12.0 Å². The van der Waals surface area contributed by atoms with Crippen molar-refractivity contribution in [1.82, 2.24) is 5.32 Å². The van der Waals surface area contributed by atoms with Crippen LogP contribution in [0.4, 0.5) is 0 Å². The second kappa shape index (κ2) is 7.01. The van der Waals surface area contributed by atoms with Crippen LogP contribution in [-0.4, -0.2) is 18.0 Å². The average Bonchev–Trinajstić information content (AvgIpc) is 3.32. The third kappa shape index (κ3) is 3.82. The molecule has 1 amide bonds. The molecule has 0 heterocycles. The predicted octanol–water partition coefficient (Wildman–Crippen LogP) is 2.77. The number of amides is 1. The molecule has 1 fully saturated rings. The molecule has 0 aliphatic heterocycles. The van der Waals surface area contributed by atoms with E-state index in [2.05, 4.69) is 30.4 Å². The molecule has 1 aromatic carbocycles. The number of halogens is 1. The van der Waals surface area contributed by atoms with Crippen LogP contribution in [0.3, 0.4) is 0 Å². The second-order valence-electron chi connectivity index (χ2n) is 6.93. The van der Waals surface area contributed by atoms with Crippen molar-refractivity contribution in [3.8, 4) is 0 Å². The first kappa shape index (κ1) is 17.3. The Kier molecular flexibility index (Phi) is 5.51. The summed E-state index contributed by atoms with van der Waals surface area (Å²) in [6.07, 6.45) is 7.76. The minimum Gasteiger partial charge on any atom is -0.349 e. The SMILES string of the molecule is CC(CN)(NC(=O)Cc1ccc2c(c1)CCCC2)C1CC1.Cl. The van der Waals surface area contributed by atoms with E-state index in [1.165, 1.54) is 43.2 Å². The Hall–Kier alpha value is -1.06. The molecular formula is C18H27ClN2O. The highest BCUT2D eigenvalue weighted by molar-refractivity contribution is 5.85. The number of rotatable bonds is 5. The Balaban J connectivity index is 0.00000176. The van der Waals surface area contributed by atoms with Gasteiger partial charge in [-0.25, -0.2) is 0 Å². The highest BCUT2D eigenvalue weighted by Gasteiger charge is 2.41. The van der Waals surface area contributed by atoms with E-state index in [-0.39, 0.29) is 23.9 Å². The van der Waals surface area contributed by atoms with Crippen LogP contribution < -0.4 is 11.1 Å². The summed E-state index contributed by atoms with van der Waals surface area (Å²) in [4.78, 5) is 12.3. The highest BCUT2D eigenvalue weighted by atomic mass is 35.5. The number of aryl methyl sites for hydroxylation is 2. The van der Waals surface area contributed by atoms with Crippen molar-refractivity contribution in [2.75, 3.05) is 6.54 Å². The molecule has 2 aliphatic rings. The van der Waals surface area contributed by atoms with Crippen LogP contribution in [0.1, 0.15) is 49.3 Å². The average molecular weight is 323 g/mol. The van der Waals surface area contributed by atoms with Crippen molar-refractivity contribution in [3.05, 3.63) is 34.9 Å². The van der Waals surface area contributed by atoms with Gasteiger partial charge in [-0.1, -0.05) is 18.2 Å². The monoisotopic (exact) mass is 322 g/mol. The van der Waals surface area contributed by atoms with E-state index in [9.17, 15) is 4.79 Å². The van der Waals surface area contributed by atoms with Crippen molar-refractivity contribution in [1.29, 1.82) is 0 Å². The van der Waals surface area contributed by atoms with E-state index < -0.39 is 0 Å². The first-order chi connectivity index (χ1) is 10.1. The Morgan fingerprint density at radius 1 is 1.27 bits per heavy atom. The third-order valence-corrected chi connectivity index (χ3v) is 5.10. The van der Waals surface area contributed by atoms with Crippen LogP contribution in [0.15, 0.2) is 18.2 Å². The number of hydrogen-bond donors (Lipinski definition) is 2. The largest absolute Gasteiger partial charge is 0.349 e. The van der Waals surface area contributed by atoms with Crippen LogP contribution in [0.2, 0.25) is 0 Å². The number of fused-ring (bicyclic) bond motifs is 1. The molecule has 0 aromatic heterocycles. The fraction of sp³-hybridized carbons (Fsp3) is 0.611. The Morgan fingerprint density at radius 3 is 2.59 bits per heavy atom. The fourth-order valence-corrected chi connectivity index (χ4v) is 3.49. The van der Waals surface area contributed by atoms with Crippen molar-refractivity contribution < 1.29 is 4.79 Å². The number of benzene rings is 1. The molecule has 2 aliphatic carbocycles. The lowest BCUT2D eigenvalue weighted by molar-refractivity contribution is -0.122. The molecule has 0 radical (unpaired) electrons. The lowest BCUT2D eigenvalue weighted by Gasteiger charge is -2.29. The molecule has 3 nitrogen and oxygen atoms in total. The zero-order valence-electron chi connectivity index (χ0n) is 13.4. The molecule has 22 heavy (non-hydrogen) atoms. The summed E-state index contributed by atoms with van der Waals surface area (Å²) < 4.78 is 0. The molecular weight excluding hydrogens is 296 g/mol. The molecule has 1 aromatic rings. The summed E-state index contributed by atoms with van der Waals surface area (Å²) >= 11 is 0. The molecule has 1 saturated carbocycles. The fourth-order valence-electron chi connectivity index (χ4n) is 3.49. The zero-order valence-corrected chi connectivity index (χ0v) is 14.2. The van der Waals surface area contributed by atoms with Gasteiger partial charge in [0.05, 0.1) is 12.0 Å². The van der Waals surface area contributed by atoms with Gasteiger partial charge in [0.15, 0.2) is 0 Å². The molecule has 122 valence electrons.